The molecular formula is C38H26N4. The molecule has 4 heterocycles. The zero-order chi connectivity index (χ0) is 27.6. The Morgan fingerprint density at radius 3 is 1.86 bits per heavy atom. The Kier molecular flexibility index (Phi) is 4.93. The number of para-hydroxylation sites is 5. The highest BCUT2D eigenvalue weighted by molar-refractivity contribution is 6.16. The predicted octanol–water partition coefficient (Wildman–Crippen LogP) is 8.91. The first-order valence-electron chi connectivity index (χ1n) is 14.4. The van der Waals surface area contributed by atoms with Crippen molar-refractivity contribution in [1.82, 2.24) is 14.0 Å². The van der Waals surface area contributed by atoms with Crippen LogP contribution in [0, 0.1) is 0 Å². The van der Waals surface area contributed by atoms with Crippen LogP contribution in [0.3, 0.4) is 0 Å². The van der Waals surface area contributed by atoms with Gasteiger partial charge in [0.15, 0.2) is 0 Å². The average Bonchev–Trinajstić information content (AvgIpc) is 3.58. The number of nitrogens with zero attached hydrogens (tertiary/aromatic N) is 4. The third kappa shape index (κ3) is 3.20. The minimum absolute atomic E-state index is 0.750. The molecule has 0 radical (unpaired) electrons. The molecule has 0 unspecified atom stereocenters. The number of allylic oxidation sites excluding steroid dienone is 3. The van der Waals surface area contributed by atoms with Gasteiger partial charge in [0.25, 0.3) is 0 Å². The second-order valence-electron chi connectivity index (χ2n) is 10.8. The van der Waals surface area contributed by atoms with E-state index in [2.05, 4.69) is 160 Å². The van der Waals surface area contributed by atoms with E-state index < -0.39 is 0 Å². The maximum absolute atomic E-state index is 5.24. The summed E-state index contributed by atoms with van der Waals surface area (Å²) in [6.07, 6.45) is 8.67. The second kappa shape index (κ2) is 8.95. The lowest BCUT2D eigenvalue weighted by molar-refractivity contribution is 0.562. The molecule has 0 N–H and O–H groups in total. The Hall–Kier alpha value is -5.61. The SMILES string of the molecule is C1=CCN2C(=C1)C(c1cccc3c4ccccc4n(-c4ccccc4)c13)=CN=C2n1c2ccccc2c2ccccc21. The molecule has 198 valence electrons. The molecule has 0 bridgehead atoms. The van der Waals surface area contributed by atoms with Crippen LogP contribution in [0.2, 0.25) is 0 Å². The summed E-state index contributed by atoms with van der Waals surface area (Å²) >= 11 is 0. The van der Waals surface area contributed by atoms with Gasteiger partial charge in [-0.15, -0.1) is 0 Å². The maximum atomic E-state index is 5.24. The monoisotopic (exact) mass is 538 g/mol. The smallest absolute Gasteiger partial charge is 0.215 e. The number of benzene rings is 5. The van der Waals surface area contributed by atoms with E-state index >= 15 is 0 Å². The summed E-state index contributed by atoms with van der Waals surface area (Å²) in [7, 11) is 0. The summed E-state index contributed by atoms with van der Waals surface area (Å²) in [5, 5.41) is 4.96. The molecule has 0 aliphatic carbocycles. The van der Waals surface area contributed by atoms with E-state index in [1.807, 2.05) is 0 Å². The van der Waals surface area contributed by atoms with Gasteiger partial charge in [0.05, 0.1) is 27.8 Å². The molecular weight excluding hydrogens is 512 g/mol. The van der Waals surface area contributed by atoms with Crippen molar-refractivity contribution in [3.05, 3.63) is 157 Å². The summed E-state index contributed by atoms with van der Waals surface area (Å²) in [5.74, 6) is 0.919. The van der Waals surface area contributed by atoms with Crippen LogP contribution in [0.4, 0.5) is 0 Å². The Morgan fingerprint density at radius 1 is 0.548 bits per heavy atom. The van der Waals surface area contributed by atoms with Crippen LogP contribution in [-0.2, 0) is 0 Å². The van der Waals surface area contributed by atoms with E-state index in [4.69, 9.17) is 4.99 Å². The van der Waals surface area contributed by atoms with Gasteiger partial charge in [-0.3, -0.25) is 4.57 Å². The number of rotatable bonds is 2. The van der Waals surface area contributed by atoms with Gasteiger partial charge in [-0.05, 0) is 36.4 Å². The van der Waals surface area contributed by atoms with Crippen LogP contribution >= 0.6 is 0 Å². The first kappa shape index (κ1) is 23.1. The molecule has 0 fully saturated rings. The molecule has 0 saturated heterocycles. The molecule has 0 saturated carbocycles. The topological polar surface area (TPSA) is 25.5 Å². The van der Waals surface area contributed by atoms with Gasteiger partial charge in [-0.25, -0.2) is 4.99 Å². The molecule has 5 aromatic carbocycles. The molecule has 42 heavy (non-hydrogen) atoms. The highest BCUT2D eigenvalue weighted by atomic mass is 15.3. The van der Waals surface area contributed by atoms with Gasteiger partial charge in [0, 0.05) is 51.1 Å². The lowest BCUT2D eigenvalue weighted by atomic mass is 9.97. The molecule has 0 atom stereocenters. The highest BCUT2D eigenvalue weighted by Gasteiger charge is 2.29. The van der Waals surface area contributed by atoms with Gasteiger partial charge in [-0.1, -0.05) is 103 Å². The first-order valence-corrected chi connectivity index (χ1v) is 14.4. The van der Waals surface area contributed by atoms with E-state index in [0.29, 0.717) is 0 Å². The van der Waals surface area contributed by atoms with Crippen molar-refractivity contribution < 1.29 is 0 Å². The van der Waals surface area contributed by atoms with Crippen LogP contribution in [0.1, 0.15) is 5.56 Å². The van der Waals surface area contributed by atoms with Crippen molar-refractivity contribution in [2.45, 2.75) is 0 Å². The van der Waals surface area contributed by atoms with E-state index in [9.17, 15) is 0 Å². The molecule has 4 nitrogen and oxygen atoms in total. The standard InChI is InChI=1S/C38H26N4/c1-2-13-26(14-3-1)41-34-21-7-6-17-29(34)30-18-12-19-31(37(30)41)32-25-39-38(40-24-11-10-20-33(32)40)42-35-22-8-4-15-27(35)28-16-5-9-23-36(28)42/h1-23,25H,24H2. The van der Waals surface area contributed by atoms with Crippen molar-refractivity contribution in [2.24, 2.45) is 4.99 Å². The fourth-order valence-electron chi connectivity index (χ4n) is 6.80. The van der Waals surface area contributed by atoms with Gasteiger partial charge in [-0.2, -0.15) is 0 Å². The van der Waals surface area contributed by atoms with Gasteiger partial charge in [0.1, 0.15) is 0 Å². The fraction of sp³-hybridized carbons (Fsp3) is 0.0263. The van der Waals surface area contributed by atoms with E-state index in [0.717, 1.165) is 40.5 Å². The Morgan fingerprint density at radius 2 is 1.14 bits per heavy atom. The van der Waals surface area contributed by atoms with Crippen LogP contribution in [0.25, 0.3) is 54.9 Å². The summed E-state index contributed by atoms with van der Waals surface area (Å²) in [6.45, 7) is 0.750. The number of hydrogen-bond donors (Lipinski definition) is 0. The van der Waals surface area contributed by atoms with Crippen LogP contribution in [0.5, 0.6) is 0 Å². The highest BCUT2D eigenvalue weighted by Crippen LogP contribution is 2.41. The number of aliphatic imine (C=N–C) groups is 1. The Labute approximate surface area is 243 Å². The quantitative estimate of drug-likeness (QED) is 0.216. The van der Waals surface area contributed by atoms with Crippen molar-refractivity contribution in [1.29, 1.82) is 0 Å². The summed E-state index contributed by atoms with van der Waals surface area (Å²) in [5.41, 5.74) is 9.31. The number of aromatic nitrogens is 2. The largest absolute Gasteiger partial charge is 0.309 e. The van der Waals surface area contributed by atoms with Crippen molar-refractivity contribution in [3.8, 4) is 5.69 Å². The number of hydrogen-bond acceptors (Lipinski definition) is 2. The predicted molar refractivity (Wildman–Crippen MR) is 175 cm³/mol. The Balaban J connectivity index is 1.34. The van der Waals surface area contributed by atoms with E-state index in [-0.39, 0.29) is 0 Å². The summed E-state index contributed by atoms with van der Waals surface area (Å²) in [4.78, 5) is 7.59. The van der Waals surface area contributed by atoms with E-state index in [1.54, 1.807) is 0 Å². The third-order valence-corrected chi connectivity index (χ3v) is 8.57. The lowest BCUT2D eigenvalue weighted by Gasteiger charge is -2.34. The molecule has 9 rings (SSSR count). The zero-order valence-corrected chi connectivity index (χ0v) is 22.9. The normalized spacial score (nSPS) is 14.9. The third-order valence-electron chi connectivity index (χ3n) is 8.57. The summed E-state index contributed by atoms with van der Waals surface area (Å²) < 4.78 is 4.71. The molecule has 0 spiro atoms. The average molecular weight is 539 g/mol. The molecule has 2 aliphatic heterocycles. The van der Waals surface area contributed by atoms with Crippen LogP contribution < -0.4 is 0 Å². The minimum atomic E-state index is 0.750. The maximum Gasteiger partial charge on any atom is 0.215 e. The molecule has 2 aliphatic rings. The van der Waals surface area contributed by atoms with Crippen LogP contribution in [-0.4, -0.2) is 26.5 Å². The fourth-order valence-corrected chi connectivity index (χ4v) is 6.80. The lowest BCUT2D eigenvalue weighted by Crippen LogP contribution is -2.38. The Bertz CT molecular complexity index is 2270. The molecule has 0 amide bonds. The van der Waals surface area contributed by atoms with Crippen molar-refractivity contribution in [3.63, 3.8) is 0 Å². The minimum Gasteiger partial charge on any atom is -0.309 e. The van der Waals surface area contributed by atoms with Gasteiger partial charge < -0.3 is 9.47 Å². The summed E-state index contributed by atoms with van der Waals surface area (Å²) in [6, 6.07) is 43.2. The van der Waals surface area contributed by atoms with E-state index in [1.165, 1.54) is 38.1 Å². The second-order valence-corrected chi connectivity index (χ2v) is 10.8. The molecule has 2 aromatic heterocycles. The first-order chi connectivity index (χ1) is 20.9. The molecule has 4 heteroatoms. The van der Waals surface area contributed by atoms with Crippen LogP contribution in [0.15, 0.2) is 156 Å². The molecule has 7 aromatic rings. The number of fused-ring (bicyclic) bond motifs is 7. The van der Waals surface area contributed by atoms with Crippen molar-refractivity contribution in [2.75, 3.05) is 6.54 Å². The van der Waals surface area contributed by atoms with Gasteiger partial charge >= 0.3 is 0 Å². The zero-order valence-electron chi connectivity index (χ0n) is 22.9. The van der Waals surface area contributed by atoms with Gasteiger partial charge in [0.2, 0.25) is 5.96 Å². The van der Waals surface area contributed by atoms with Crippen molar-refractivity contribution >= 4 is 55.1 Å².